The van der Waals surface area contributed by atoms with E-state index < -0.39 is 11.7 Å². The Morgan fingerprint density at radius 1 is 0.568 bits per heavy atom. The predicted octanol–water partition coefficient (Wildman–Crippen LogP) is 10.2. The van der Waals surface area contributed by atoms with Crippen LogP contribution in [0.4, 0.5) is 0 Å². The zero-order valence-electron chi connectivity index (χ0n) is 27.1. The molecule has 0 radical (unpaired) electrons. The lowest BCUT2D eigenvalue weighted by molar-refractivity contribution is -0.149. The van der Waals surface area contributed by atoms with Gasteiger partial charge in [-0.3, -0.25) is 4.79 Å². The fourth-order valence-corrected chi connectivity index (χ4v) is 5.94. The third-order valence-corrected chi connectivity index (χ3v) is 8.45. The highest BCUT2D eigenvalue weighted by atomic mass is 16.6. The topological polar surface area (TPSA) is 55.8 Å². The molecule has 0 spiro atoms. The van der Waals surface area contributed by atoms with Crippen molar-refractivity contribution in [3.63, 3.8) is 0 Å². The summed E-state index contributed by atoms with van der Waals surface area (Å²) in [4.78, 5) is 12.4. The van der Waals surface area contributed by atoms with E-state index in [-0.39, 0.29) is 19.2 Å². The van der Waals surface area contributed by atoms with Crippen molar-refractivity contribution in [3.8, 4) is 0 Å². The zero-order valence-corrected chi connectivity index (χ0v) is 27.1. The Bertz CT molecular complexity index is 1020. The maximum absolute atomic E-state index is 12.4. The van der Waals surface area contributed by atoms with Crippen molar-refractivity contribution in [3.05, 3.63) is 108 Å². The summed E-state index contributed by atoms with van der Waals surface area (Å²) in [5, 5.41) is 10.8. The van der Waals surface area contributed by atoms with Crippen molar-refractivity contribution >= 4 is 5.97 Å². The number of carbonyl (C=O) groups is 1. The molecule has 0 saturated heterocycles. The molecule has 44 heavy (non-hydrogen) atoms. The summed E-state index contributed by atoms with van der Waals surface area (Å²) in [5.41, 5.74) is 1.99. The maximum Gasteiger partial charge on any atom is 0.305 e. The van der Waals surface area contributed by atoms with Gasteiger partial charge in [-0.15, -0.1) is 0 Å². The molecule has 240 valence electrons. The summed E-state index contributed by atoms with van der Waals surface area (Å²) in [6, 6.07) is 30.2. The van der Waals surface area contributed by atoms with Crippen molar-refractivity contribution < 1.29 is 19.4 Å². The van der Waals surface area contributed by atoms with E-state index in [1.807, 2.05) is 91.0 Å². The molecule has 3 rings (SSSR count). The van der Waals surface area contributed by atoms with Gasteiger partial charge in [0.2, 0.25) is 0 Å². The average molecular weight is 601 g/mol. The Balaban J connectivity index is 1.34. The first-order valence-corrected chi connectivity index (χ1v) is 17.3. The third-order valence-electron chi connectivity index (χ3n) is 8.45. The average Bonchev–Trinajstić information content (AvgIpc) is 3.07. The van der Waals surface area contributed by atoms with Gasteiger partial charge in [-0.25, -0.2) is 0 Å². The predicted molar refractivity (Wildman–Crippen MR) is 182 cm³/mol. The van der Waals surface area contributed by atoms with Crippen LogP contribution in [0.5, 0.6) is 0 Å². The van der Waals surface area contributed by atoms with Gasteiger partial charge < -0.3 is 14.6 Å². The first-order chi connectivity index (χ1) is 21.7. The van der Waals surface area contributed by atoms with Crippen LogP contribution in [0.1, 0.15) is 126 Å². The van der Waals surface area contributed by atoms with Gasteiger partial charge in [0.05, 0.1) is 6.61 Å². The van der Waals surface area contributed by atoms with Gasteiger partial charge in [-0.05, 0) is 23.1 Å². The molecule has 0 aliphatic carbocycles. The van der Waals surface area contributed by atoms with Gasteiger partial charge in [-0.1, -0.05) is 188 Å². The Kier molecular flexibility index (Phi) is 17.5. The molecule has 3 aromatic rings. The molecule has 0 bridgehead atoms. The molecule has 3 aromatic carbocycles. The van der Waals surface area contributed by atoms with Crippen LogP contribution in [-0.4, -0.2) is 30.4 Å². The van der Waals surface area contributed by atoms with Crippen LogP contribution in [0.2, 0.25) is 0 Å². The monoisotopic (exact) mass is 600 g/mol. The number of unbranched alkanes of at least 4 members (excludes halogenated alkanes) is 14. The molecule has 0 saturated carbocycles. The van der Waals surface area contributed by atoms with E-state index in [9.17, 15) is 9.90 Å². The molecule has 0 aliphatic heterocycles. The Labute approximate surface area is 267 Å². The Morgan fingerprint density at radius 3 is 1.32 bits per heavy atom. The van der Waals surface area contributed by atoms with Crippen molar-refractivity contribution in [1.82, 2.24) is 0 Å². The van der Waals surface area contributed by atoms with Gasteiger partial charge >= 0.3 is 5.97 Å². The maximum atomic E-state index is 12.4. The summed E-state index contributed by atoms with van der Waals surface area (Å²) < 4.78 is 12.1. The van der Waals surface area contributed by atoms with Crippen LogP contribution in [0.3, 0.4) is 0 Å². The van der Waals surface area contributed by atoms with Gasteiger partial charge in [0.15, 0.2) is 0 Å². The minimum atomic E-state index is -0.935. The van der Waals surface area contributed by atoms with Crippen molar-refractivity contribution in [1.29, 1.82) is 0 Å². The summed E-state index contributed by atoms with van der Waals surface area (Å²) >= 11 is 0. The summed E-state index contributed by atoms with van der Waals surface area (Å²) in [5.74, 6) is -0.251. The molecule has 0 fully saturated rings. The standard InChI is InChI=1S/C40H56O4/c1-2-3-4-5-6-7-8-9-10-11-12-13-14-15-25-32-39(42)43-33-38(41)34-44-40(35-26-19-16-20-27-35,36-28-21-17-22-29-36)37-30-23-18-24-31-37/h16-24,26-31,38,41H,2-15,25,32-34H2,1H3/t38-/m1/s1. The molecule has 0 amide bonds. The summed E-state index contributed by atoms with van der Waals surface area (Å²) in [6.45, 7) is 2.21. The molecule has 4 nitrogen and oxygen atoms in total. The number of benzene rings is 3. The first kappa shape index (κ1) is 35.5. The largest absolute Gasteiger partial charge is 0.463 e. The summed E-state index contributed by atoms with van der Waals surface area (Å²) in [6.07, 6.45) is 18.9. The van der Waals surface area contributed by atoms with E-state index in [2.05, 4.69) is 6.92 Å². The number of esters is 1. The number of aliphatic hydroxyl groups excluding tert-OH is 1. The minimum Gasteiger partial charge on any atom is -0.463 e. The lowest BCUT2D eigenvalue weighted by atomic mass is 9.80. The van der Waals surface area contributed by atoms with E-state index in [0.29, 0.717) is 6.42 Å². The SMILES string of the molecule is CCCCCCCCCCCCCCCCCC(=O)OC[C@@H](O)COC(c1ccccc1)(c1ccccc1)c1ccccc1. The van der Waals surface area contributed by atoms with Crippen molar-refractivity contribution in [2.75, 3.05) is 13.2 Å². The number of hydrogen-bond donors (Lipinski definition) is 1. The third kappa shape index (κ3) is 12.6. The highest BCUT2D eigenvalue weighted by molar-refractivity contribution is 5.69. The van der Waals surface area contributed by atoms with Gasteiger partial charge in [0.25, 0.3) is 0 Å². The molecule has 0 heterocycles. The van der Waals surface area contributed by atoms with E-state index in [1.54, 1.807) is 0 Å². The van der Waals surface area contributed by atoms with E-state index in [0.717, 1.165) is 29.5 Å². The highest BCUT2D eigenvalue weighted by Gasteiger charge is 2.38. The molecule has 4 heteroatoms. The fourth-order valence-electron chi connectivity index (χ4n) is 5.94. The second-order valence-electron chi connectivity index (χ2n) is 12.1. The molecule has 1 N–H and O–H groups in total. The van der Waals surface area contributed by atoms with Gasteiger partial charge in [0.1, 0.15) is 18.3 Å². The zero-order chi connectivity index (χ0) is 31.1. The molecule has 0 unspecified atom stereocenters. The molecule has 0 aromatic heterocycles. The fraction of sp³-hybridized carbons (Fsp3) is 0.525. The molecular weight excluding hydrogens is 544 g/mol. The number of rotatable bonds is 24. The van der Waals surface area contributed by atoms with Crippen LogP contribution >= 0.6 is 0 Å². The number of hydrogen-bond acceptors (Lipinski definition) is 4. The van der Waals surface area contributed by atoms with Crippen molar-refractivity contribution in [2.24, 2.45) is 0 Å². The van der Waals surface area contributed by atoms with Gasteiger partial charge in [0, 0.05) is 6.42 Å². The van der Waals surface area contributed by atoms with Crippen LogP contribution in [0, 0.1) is 0 Å². The minimum absolute atomic E-state index is 0.0188. The van der Waals surface area contributed by atoms with Gasteiger partial charge in [-0.2, -0.15) is 0 Å². The first-order valence-electron chi connectivity index (χ1n) is 17.3. The lowest BCUT2D eigenvalue weighted by Gasteiger charge is -2.36. The van der Waals surface area contributed by atoms with E-state index in [4.69, 9.17) is 9.47 Å². The Hall–Kier alpha value is -2.95. The Morgan fingerprint density at radius 2 is 0.932 bits per heavy atom. The van der Waals surface area contributed by atoms with E-state index >= 15 is 0 Å². The van der Waals surface area contributed by atoms with E-state index in [1.165, 1.54) is 83.5 Å². The smallest absolute Gasteiger partial charge is 0.305 e. The van der Waals surface area contributed by atoms with Crippen LogP contribution in [-0.2, 0) is 19.9 Å². The number of aliphatic hydroxyl groups is 1. The highest BCUT2D eigenvalue weighted by Crippen LogP contribution is 2.40. The number of carbonyl (C=O) groups excluding carboxylic acids is 1. The van der Waals surface area contributed by atoms with Crippen LogP contribution in [0.15, 0.2) is 91.0 Å². The molecule has 1 atom stereocenters. The van der Waals surface area contributed by atoms with Crippen molar-refractivity contribution in [2.45, 2.75) is 121 Å². The summed E-state index contributed by atoms with van der Waals surface area (Å²) in [7, 11) is 0. The molecular formula is C40H56O4. The second kappa shape index (κ2) is 21.7. The quantitative estimate of drug-likeness (QED) is 0.0631. The number of ether oxygens (including phenoxy) is 2. The molecule has 0 aliphatic rings. The van der Waals surface area contributed by atoms with Crippen LogP contribution in [0.25, 0.3) is 0 Å². The second-order valence-corrected chi connectivity index (χ2v) is 12.1. The lowest BCUT2D eigenvalue weighted by Crippen LogP contribution is -2.37. The van der Waals surface area contributed by atoms with Crippen LogP contribution < -0.4 is 0 Å². The normalized spacial score (nSPS) is 12.2.